The van der Waals surface area contributed by atoms with Crippen LogP contribution in [0.5, 0.6) is 0 Å². The van der Waals surface area contributed by atoms with Crippen LogP contribution in [-0.4, -0.2) is 54.0 Å². The highest BCUT2D eigenvalue weighted by Crippen LogP contribution is 2.76. The van der Waals surface area contributed by atoms with Gasteiger partial charge in [0.1, 0.15) is 11.6 Å². The Morgan fingerprint density at radius 3 is 2.06 bits per heavy atom. The van der Waals surface area contributed by atoms with Crippen molar-refractivity contribution in [3.8, 4) is 0 Å². The molecule has 0 spiro atoms. The van der Waals surface area contributed by atoms with Crippen LogP contribution >= 0.6 is 0 Å². The van der Waals surface area contributed by atoms with Crippen molar-refractivity contribution in [3.05, 3.63) is 0 Å². The van der Waals surface area contributed by atoms with Crippen molar-refractivity contribution in [2.24, 2.45) is 28.6 Å². The van der Waals surface area contributed by atoms with Gasteiger partial charge in [0, 0.05) is 39.0 Å². The summed E-state index contributed by atoms with van der Waals surface area (Å²) in [5.74, 6) is -4.03. The smallest absolute Gasteiger partial charge is 0.305 e. The normalized spacial score (nSPS) is 45.0. The molecule has 1 aliphatic heterocycles. The number of carbonyl (C=O) groups excluding carboxylic acids is 4. The van der Waals surface area contributed by atoms with E-state index in [4.69, 9.17) is 18.9 Å². The second kappa shape index (κ2) is 6.92. The topological polar surface area (TPSA) is 117 Å². The molecule has 32 heavy (non-hydrogen) atoms. The zero-order chi connectivity index (χ0) is 23.9. The average molecular weight is 452 g/mol. The fourth-order valence-corrected chi connectivity index (χ4v) is 7.73. The first-order valence-electron chi connectivity index (χ1n) is 11.2. The summed E-state index contributed by atoms with van der Waals surface area (Å²) in [5, 5.41) is 3.04. The number of fused-ring (bicyclic) bond motifs is 2. The molecule has 9 heteroatoms. The third kappa shape index (κ3) is 2.92. The Hall–Kier alpha value is -2.16. The fraction of sp³-hybridized carbons (Fsp3) is 0.826. The Bertz CT molecular complexity index is 885. The molecule has 8 atom stereocenters. The number of rotatable bonds is 4. The standard InChI is InChI=1S/C23H33NO8/c1-11(25)24-22-10-29-23(32-14(4)28)18(22)21(7,19(23)31-13(3)27)16-9-20(5,6)8-15(16)17(22)30-12(2)26/h15-19H,8-10H2,1-7H3,(H,24,25)/t15-,16+,17+,18?,19+,21-,22-,23-/m1/s1. The number of hydrogen-bond acceptors (Lipinski definition) is 8. The van der Waals surface area contributed by atoms with Crippen molar-refractivity contribution in [2.75, 3.05) is 6.61 Å². The van der Waals surface area contributed by atoms with Gasteiger partial charge in [-0.15, -0.1) is 0 Å². The van der Waals surface area contributed by atoms with Gasteiger partial charge in [-0.2, -0.15) is 0 Å². The van der Waals surface area contributed by atoms with Crippen molar-refractivity contribution in [1.82, 2.24) is 5.32 Å². The fourth-order valence-electron chi connectivity index (χ4n) is 7.73. The molecule has 1 unspecified atom stereocenters. The highest BCUT2D eigenvalue weighted by molar-refractivity contribution is 5.75. The first kappa shape index (κ1) is 23.0. The minimum Gasteiger partial charge on any atom is -0.460 e. The van der Waals surface area contributed by atoms with Gasteiger partial charge in [0.25, 0.3) is 5.79 Å². The van der Waals surface area contributed by atoms with E-state index in [1.807, 2.05) is 6.92 Å². The van der Waals surface area contributed by atoms with Crippen LogP contribution in [0.25, 0.3) is 0 Å². The number of esters is 3. The Balaban J connectivity index is 1.93. The molecule has 3 aliphatic carbocycles. The molecule has 4 fully saturated rings. The Kier molecular flexibility index (Phi) is 4.98. The maximum atomic E-state index is 12.4. The predicted molar refractivity (Wildman–Crippen MR) is 110 cm³/mol. The van der Waals surface area contributed by atoms with Crippen LogP contribution in [0.4, 0.5) is 0 Å². The van der Waals surface area contributed by atoms with Crippen LogP contribution in [0.3, 0.4) is 0 Å². The van der Waals surface area contributed by atoms with Crippen molar-refractivity contribution >= 4 is 23.8 Å². The number of hydrogen-bond donors (Lipinski definition) is 1. The molecule has 1 saturated heterocycles. The number of carbonyl (C=O) groups is 4. The lowest BCUT2D eigenvalue weighted by Gasteiger charge is -2.70. The van der Waals surface area contributed by atoms with E-state index in [1.54, 1.807) is 0 Å². The van der Waals surface area contributed by atoms with Crippen LogP contribution in [0.1, 0.15) is 61.3 Å². The van der Waals surface area contributed by atoms with Gasteiger partial charge in [0.15, 0.2) is 6.10 Å². The van der Waals surface area contributed by atoms with Crippen LogP contribution in [0.2, 0.25) is 0 Å². The lowest BCUT2D eigenvalue weighted by molar-refractivity contribution is -0.391. The van der Waals surface area contributed by atoms with Crippen molar-refractivity contribution in [1.29, 1.82) is 0 Å². The molecule has 9 nitrogen and oxygen atoms in total. The second-order valence-electron chi connectivity index (χ2n) is 11.0. The van der Waals surface area contributed by atoms with Crippen LogP contribution < -0.4 is 5.32 Å². The Labute approximate surface area is 187 Å². The first-order chi connectivity index (χ1) is 14.7. The van der Waals surface area contributed by atoms with Gasteiger partial charge >= 0.3 is 17.9 Å². The second-order valence-corrected chi connectivity index (χ2v) is 11.0. The van der Waals surface area contributed by atoms with Gasteiger partial charge in [-0.25, -0.2) is 0 Å². The highest BCUT2D eigenvalue weighted by Gasteiger charge is 2.90. The summed E-state index contributed by atoms with van der Waals surface area (Å²) >= 11 is 0. The first-order valence-corrected chi connectivity index (χ1v) is 11.2. The van der Waals surface area contributed by atoms with Crippen molar-refractivity contribution in [2.45, 2.75) is 84.8 Å². The summed E-state index contributed by atoms with van der Waals surface area (Å²) in [7, 11) is 0. The maximum Gasteiger partial charge on any atom is 0.305 e. The molecule has 4 rings (SSSR count). The monoisotopic (exact) mass is 451 g/mol. The minimum absolute atomic E-state index is 0.00321. The van der Waals surface area contributed by atoms with Gasteiger partial charge < -0.3 is 24.3 Å². The van der Waals surface area contributed by atoms with E-state index in [0.717, 1.165) is 12.8 Å². The Morgan fingerprint density at radius 2 is 1.53 bits per heavy atom. The largest absolute Gasteiger partial charge is 0.460 e. The molecule has 1 heterocycles. The molecule has 0 aromatic carbocycles. The molecular formula is C23H33NO8. The van der Waals surface area contributed by atoms with Gasteiger partial charge in [-0.3, -0.25) is 19.2 Å². The van der Waals surface area contributed by atoms with E-state index in [-0.39, 0.29) is 29.8 Å². The van der Waals surface area contributed by atoms with E-state index >= 15 is 0 Å². The molecule has 3 saturated carbocycles. The van der Waals surface area contributed by atoms with E-state index in [1.165, 1.54) is 27.7 Å². The molecule has 0 aromatic rings. The molecule has 0 radical (unpaired) electrons. The summed E-state index contributed by atoms with van der Waals surface area (Å²) in [4.78, 5) is 48.8. The Morgan fingerprint density at radius 1 is 0.906 bits per heavy atom. The van der Waals surface area contributed by atoms with Crippen LogP contribution in [0.15, 0.2) is 0 Å². The summed E-state index contributed by atoms with van der Waals surface area (Å²) in [5.41, 5.74) is -1.82. The SMILES string of the molecule is CC(=O)N[C@@]12CO[C@@]3(OC(C)=O)C1[C@](C)([C@@H]3OC(C)=O)[C@H]1CC(C)(C)C[C@H]1[C@@H]2OC(C)=O. The van der Waals surface area contributed by atoms with E-state index in [9.17, 15) is 19.2 Å². The quantitative estimate of drug-likeness (QED) is 0.507. The zero-order valence-electron chi connectivity index (χ0n) is 19.8. The molecule has 1 amide bonds. The lowest BCUT2D eigenvalue weighted by atomic mass is 9.39. The molecule has 1 N–H and O–H groups in total. The summed E-state index contributed by atoms with van der Waals surface area (Å²) in [6.07, 6.45) is 0.0835. The van der Waals surface area contributed by atoms with Gasteiger partial charge in [0.05, 0.1) is 12.5 Å². The van der Waals surface area contributed by atoms with Crippen molar-refractivity contribution in [3.63, 3.8) is 0 Å². The molecule has 4 aliphatic rings. The average Bonchev–Trinajstić information content (AvgIpc) is 3.10. The van der Waals surface area contributed by atoms with Crippen LogP contribution in [-0.2, 0) is 38.1 Å². The van der Waals surface area contributed by atoms with Gasteiger partial charge in [-0.05, 0) is 24.2 Å². The third-order valence-electron chi connectivity index (χ3n) is 8.07. The molecule has 0 bridgehead atoms. The number of ether oxygens (including phenoxy) is 4. The lowest BCUT2D eigenvalue weighted by Crippen LogP contribution is -2.85. The van der Waals surface area contributed by atoms with E-state index < -0.39 is 52.8 Å². The predicted octanol–water partition coefficient (Wildman–Crippen LogP) is 1.72. The molecular weight excluding hydrogens is 418 g/mol. The van der Waals surface area contributed by atoms with Gasteiger partial charge in [-0.1, -0.05) is 20.8 Å². The molecule has 0 aromatic heterocycles. The van der Waals surface area contributed by atoms with Gasteiger partial charge in [0.2, 0.25) is 5.91 Å². The molecule has 178 valence electrons. The maximum absolute atomic E-state index is 12.4. The highest BCUT2D eigenvalue weighted by atomic mass is 16.8. The van der Waals surface area contributed by atoms with Crippen LogP contribution in [0, 0.1) is 28.6 Å². The summed E-state index contributed by atoms with van der Waals surface area (Å²) in [6.45, 7) is 11.6. The van der Waals surface area contributed by atoms with E-state index in [2.05, 4.69) is 19.2 Å². The summed E-state index contributed by atoms with van der Waals surface area (Å²) in [6, 6.07) is 0. The van der Waals surface area contributed by atoms with E-state index in [0.29, 0.717) is 0 Å². The number of amides is 1. The third-order valence-corrected chi connectivity index (χ3v) is 8.07. The van der Waals surface area contributed by atoms with Crippen molar-refractivity contribution < 1.29 is 38.1 Å². The zero-order valence-corrected chi connectivity index (χ0v) is 19.8. The minimum atomic E-state index is -1.55. The number of nitrogens with one attached hydrogen (secondary N) is 1. The summed E-state index contributed by atoms with van der Waals surface area (Å²) < 4.78 is 23.6.